The molecule has 0 aliphatic heterocycles. The molecule has 1 heterocycles. The smallest absolute Gasteiger partial charge is 0.335 e. The van der Waals surface area contributed by atoms with E-state index < -0.39 is 5.97 Å². The SMILES string of the molecule is O=C(O)c1ccc(N=Cc2ccc3c(ccn3Cc3cccc(F)c3)c2)cc1. The number of halogens is 1. The van der Waals surface area contributed by atoms with E-state index in [-0.39, 0.29) is 11.4 Å². The first kappa shape index (κ1) is 17.7. The zero-order valence-corrected chi connectivity index (χ0v) is 14.9. The Balaban J connectivity index is 1.54. The molecular weight excluding hydrogens is 355 g/mol. The lowest BCUT2D eigenvalue weighted by Gasteiger charge is -2.06. The van der Waals surface area contributed by atoms with Crippen LogP contribution in [0, 0.1) is 5.82 Å². The normalized spacial score (nSPS) is 11.3. The van der Waals surface area contributed by atoms with Gasteiger partial charge in [-0.25, -0.2) is 9.18 Å². The van der Waals surface area contributed by atoms with Crippen molar-refractivity contribution in [2.24, 2.45) is 4.99 Å². The van der Waals surface area contributed by atoms with E-state index in [1.807, 2.05) is 36.5 Å². The van der Waals surface area contributed by atoms with Crippen molar-refractivity contribution >= 4 is 28.8 Å². The van der Waals surface area contributed by atoms with Crippen LogP contribution in [-0.4, -0.2) is 21.9 Å². The Bertz CT molecular complexity index is 1180. The first-order chi connectivity index (χ1) is 13.6. The summed E-state index contributed by atoms with van der Waals surface area (Å²) in [6, 6.07) is 21.1. The first-order valence-corrected chi connectivity index (χ1v) is 8.79. The summed E-state index contributed by atoms with van der Waals surface area (Å²) in [5.74, 6) is -1.19. The monoisotopic (exact) mass is 372 g/mol. The van der Waals surface area contributed by atoms with Gasteiger partial charge in [0.25, 0.3) is 0 Å². The molecule has 0 fully saturated rings. The van der Waals surface area contributed by atoms with Gasteiger partial charge in [0.15, 0.2) is 0 Å². The molecule has 0 amide bonds. The van der Waals surface area contributed by atoms with Gasteiger partial charge in [-0.3, -0.25) is 4.99 Å². The maximum absolute atomic E-state index is 13.4. The highest BCUT2D eigenvalue weighted by Gasteiger charge is 2.04. The van der Waals surface area contributed by atoms with Crippen LogP contribution >= 0.6 is 0 Å². The van der Waals surface area contributed by atoms with E-state index in [4.69, 9.17) is 5.11 Å². The number of nitrogens with zero attached hydrogens (tertiary/aromatic N) is 2. The second-order valence-corrected chi connectivity index (χ2v) is 6.50. The standard InChI is InChI=1S/C23H17FN2O2/c24-20-3-1-2-17(13-20)15-26-11-10-19-12-16(4-9-22(19)26)14-25-21-7-5-18(6-8-21)23(27)28/h1-14H,15H2,(H,27,28). The van der Waals surface area contributed by atoms with E-state index >= 15 is 0 Å². The molecule has 4 nitrogen and oxygen atoms in total. The summed E-state index contributed by atoms with van der Waals surface area (Å²) in [4.78, 5) is 15.3. The molecule has 5 heteroatoms. The summed E-state index contributed by atoms with van der Waals surface area (Å²) in [6.07, 6.45) is 3.74. The number of aromatic nitrogens is 1. The predicted octanol–water partition coefficient (Wildman–Crippen LogP) is 5.28. The molecule has 0 unspecified atom stereocenters. The molecule has 138 valence electrons. The van der Waals surface area contributed by atoms with Gasteiger partial charge in [-0.2, -0.15) is 0 Å². The molecule has 0 bridgehead atoms. The van der Waals surface area contributed by atoms with Gasteiger partial charge >= 0.3 is 5.97 Å². The number of fused-ring (bicyclic) bond motifs is 1. The van der Waals surface area contributed by atoms with E-state index in [9.17, 15) is 9.18 Å². The van der Waals surface area contributed by atoms with E-state index in [1.54, 1.807) is 30.5 Å². The Kier molecular flexibility index (Phi) is 4.72. The second-order valence-electron chi connectivity index (χ2n) is 6.50. The molecule has 0 aliphatic rings. The molecule has 1 aromatic heterocycles. The van der Waals surface area contributed by atoms with Crippen LogP contribution in [-0.2, 0) is 6.54 Å². The predicted molar refractivity (Wildman–Crippen MR) is 108 cm³/mol. The minimum absolute atomic E-state index is 0.233. The van der Waals surface area contributed by atoms with Gasteiger partial charge < -0.3 is 9.67 Å². The maximum Gasteiger partial charge on any atom is 0.335 e. The Labute approximate surface area is 161 Å². The highest BCUT2D eigenvalue weighted by atomic mass is 19.1. The molecule has 3 aromatic carbocycles. The van der Waals surface area contributed by atoms with Gasteiger partial charge in [0.05, 0.1) is 11.3 Å². The molecule has 4 aromatic rings. The number of benzene rings is 3. The summed E-state index contributed by atoms with van der Waals surface area (Å²) in [5.41, 5.74) is 3.84. The summed E-state index contributed by atoms with van der Waals surface area (Å²) >= 11 is 0. The summed E-state index contributed by atoms with van der Waals surface area (Å²) in [5, 5.41) is 10.0. The number of carboxylic acids is 1. The number of hydrogen-bond acceptors (Lipinski definition) is 2. The van der Waals surface area contributed by atoms with Crippen LogP contribution < -0.4 is 0 Å². The Morgan fingerprint density at radius 3 is 2.61 bits per heavy atom. The third-order valence-corrected chi connectivity index (χ3v) is 4.51. The molecule has 28 heavy (non-hydrogen) atoms. The van der Waals surface area contributed by atoms with Crippen molar-refractivity contribution in [1.29, 1.82) is 0 Å². The van der Waals surface area contributed by atoms with Gasteiger partial charge in [-0.05, 0) is 65.7 Å². The van der Waals surface area contributed by atoms with Gasteiger partial charge in [0.1, 0.15) is 5.82 Å². The Morgan fingerprint density at radius 1 is 1.04 bits per heavy atom. The third kappa shape index (κ3) is 3.83. The quantitative estimate of drug-likeness (QED) is 0.485. The van der Waals surface area contributed by atoms with Crippen molar-refractivity contribution in [2.45, 2.75) is 6.54 Å². The molecule has 0 radical (unpaired) electrons. The number of carbonyl (C=O) groups is 1. The second kappa shape index (κ2) is 7.48. The van der Waals surface area contributed by atoms with Crippen LogP contribution in [0.2, 0.25) is 0 Å². The fourth-order valence-electron chi connectivity index (χ4n) is 3.11. The van der Waals surface area contributed by atoms with Crippen LogP contribution in [0.1, 0.15) is 21.5 Å². The topological polar surface area (TPSA) is 54.6 Å². The van der Waals surface area contributed by atoms with Crippen molar-refractivity contribution < 1.29 is 14.3 Å². The molecule has 0 saturated carbocycles. The number of aromatic carboxylic acids is 1. The molecule has 4 rings (SSSR count). The van der Waals surface area contributed by atoms with E-state index in [0.29, 0.717) is 12.2 Å². The van der Waals surface area contributed by atoms with Crippen LogP contribution in [0.3, 0.4) is 0 Å². The average molecular weight is 372 g/mol. The molecule has 0 aliphatic carbocycles. The van der Waals surface area contributed by atoms with Crippen molar-refractivity contribution in [1.82, 2.24) is 4.57 Å². The third-order valence-electron chi connectivity index (χ3n) is 4.51. The first-order valence-electron chi connectivity index (χ1n) is 8.79. The zero-order valence-electron chi connectivity index (χ0n) is 14.9. The molecule has 0 saturated heterocycles. The number of aliphatic imine (C=N–C) groups is 1. The fraction of sp³-hybridized carbons (Fsp3) is 0.0435. The van der Waals surface area contributed by atoms with Crippen LogP contribution in [0.25, 0.3) is 10.9 Å². The van der Waals surface area contributed by atoms with Crippen molar-refractivity contribution in [2.75, 3.05) is 0 Å². The van der Waals surface area contributed by atoms with Crippen LogP contribution in [0.15, 0.2) is 84.0 Å². The highest BCUT2D eigenvalue weighted by Crippen LogP contribution is 2.20. The summed E-state index contributed by atoms with van der Waals surface area (Å²) in [6.45, 7) is 0.602. The molecule has 1 N–H and O–H groups in total. The van der Waals surface area contributed by atoms with Crippen LogP contribution in [0.4, 0.5) is 10.1 Å². The van der Waals surface area contributed by atoms with Gasteiger partial charge in [-0.15, -0.1) is 0 Å². The maximum atomic E-state index is 13.4. The lowest BCUT2D eigenvalue weighted by atomic mass is 10.1. The Morgan fingerprint density at radius 2 is 1.86 bits per heavy atom. The van der Waals surface area contributed by atoms with Gasteiger partial charge in [0, 0.05) is 29.9 Å². The van der Waals surface area contributed by atoms with Gasteiger partial charge in [-0.1, -0.05) is 18.2 Å². The van der Waals surface area contributed by atoms with E-state index in [1.165, 1.54) is 18.2 Å². The van der Waals surface area contributed by atoms with E-state index in [2.05, 4.69) is 9.56 Å². The molecular formula is C23H17FN2O2. The van der Waals surface area contributed by atoms with Crippen molar-refractivity contribution in [3.8, 4) is 0 Å². The van der Waals surface area contributed by atoms with Crippen molar-refractivity contribution in [3.05, 3.63) is 102 Å². The number of carboxylic acid groups (broad SMARTS) is 1. The fourth-order valence-corrected chi connectivity index (χ4v) is 3.11. The summed E-state index contributed by atoms with van der Waals surface area (Å²) < 4.78 is 15.5. The average Bonchev–Trinajstić information content (AvgIpc) is 3.09. The lowest BCUT2D eigenvalue weighted by Crippen LogP contribution is -1.98. The Hall–Kier alpha value is -3.73. The minimum Gasteiger partial charge on any atom is -0.478 e. The van der Waals surface area contributed by atoms with E-state index in [0.717, 1.165) is 22.0 Å². The molecule has 0 atom stereocenters. The minimum atomic E-state index is -0.955. The van der Waals surface area contributed by atoms with Crippen molar-refractivity contribution in [3.63, 3.8) is 0 Å². The van der Waals surface area contributed by atoms with Gasteiger partial charge in [0.2, 0.25) is 0 Å². The largest absolute Gasteiger partial charge is 0.478 e. The zero-order chi connectivity index (χ0) is 19.5. The van der Waals surface area contributed by atoms with Crippen LogP contribution in [0.5, 0.6) is 0 Å². The summed E-state index contributed by atoms with van der Waals surface area (Å²) in [7, 11) is 0. The molecule has 0 spiro atoms. The number of hydrogen-bond donors (Lipinski definition) is 1. The lowest BCUT2D eigenvalue weighted by molar-refractivity contribution is 0.0697. The number of rotatable bonds is 5. The highest BCUT2D eigenvalue weighted by molar-refractivity contribution is 5.91.